The molecule has 0 amide bonds. The van der Waals surface area contributed by atoms with Gasteiger partial charge in [-0.3, -0.25) is 0 Å². The number of hydrogen-bond donors (Lipinski definition) is 1. The molecule has 2 heterocycles. The van der Waals surface area contributed by atoms with Crippen molar-refractivity contribution in [2.75, 3.05) is 6.61 Å². The topological polar surface area (TPSA) is 42.4 Å². The number of aromatic nitrogens is 1. The largest absolute Gasteiger partial charge is 0.382 e. The second-order valence-electron chi connectivity index (χ2n) is 3.64. The third kappa shape index (κ3) is 2.00. The molecule has 2 atom stereocenters. The van der Waals surface area contributed by atoms with Gasteiger partial charge in [0.2, 0.25) is 0 Å². The third-order valence-corrected chi connectivity index (χ3v) is 4.09. The van der Waals surface area contributed by atoms with Crippen LogP contribution in [-0.2, 0) is 10.3 Å². The lowest BCUT2D eigenvalue weighted by molar-refractivity contribution is -0.101. The summed E-state index contributed by atoms with van der Waals surface area (Å²) in [6.45, 7) is 2.58. The first-order chi connectivity index (χ1) is 6.60. The third-order valence-electron chi connectivity index (χ3n) is 2.42. The predicted octanol–water partition coefficient (Wildman–Crippen LogP) is 2.29. The van der Waals surface area contributed by atoms with Crippen molar-refractivity contribution < 1.29 is 9.84 Å². The monoisotopic (exact) mass is 277 g/mol. The summed E-state index contributed by atoms with van der Waals surface area (Å²) in [5.41, 5.74) is -0.783. The Morgan fingerprint density at radius 1 is 1.79 bits per heavy atom. The van der Waals surface area contributed by atoms with Gasteiger partial charge in [0, 0.05) is 12.8 Å². The van der Waals surface area contributed by atoms with Crippen LogP contribution in [0, 0.1) is 0 Å². The smallest absolute Gasteiger partial charge is 0.126 e. The van der Waals surface area contributed by atoms with Crippen LogP contribution >= 0.6 is 27.3 Å². The highest BCUT2D eigenvalue weighted by molar-refractivity contribution is 9.11. The number of rotatable bonds is 1. The number of halogens is 1. The number of ether oxygens (including phenoxy) is 1. The van der Waals surface area contributed by atoms with E-state index in [1.807, 2.05) is 6.92 Å². The molecule has 14 heavy (non-hydrogen) atoms. The maximum absolute atomic E-state index is 10.4. The van der Waals surface area contributed by atoms with Gasteiger partial charge >= 0.3 is 0 Å². The van der Waals surface area contributed by atoms with Gasteiger partial charge in [0.05, 0.1) is 22.7 Å². The molecule has 1 N–H and O–H groups in total. The molecule has 0 spiro atoms. The summed E-state index contributed by atoms with van der Waals surface area (Å²) in [5.74, 6) is 0. The summed E-state index contributed by atoms with van der Waals surface area (Å²) in [4.78, 5) is 4.21. The fourth-order valence-electron chi connectivity index (χ4n) is 1.73. The molecular weight excluding hydrogens is 266 g/mol. The molecule has 0 bridgehead atoms. The fourth-order valence-corrected chi connectivity index (χ4v) is 3.06. The Bertz CT molecular complexity index is 330. The second kappa shape index (κ2) is 3.89. The molecule has 3 nitrogen and oxygen atoms in total. The highest BCUT2D eigenvalue weighted by Gasteiger charge is 2.37. The van der Waals surface area contributed by atoms with Gasteiger partial charge in [-0.1, -0.05) is 0 Å². The molecule has 1 aromatic rings. The van der Waals surface area contributed by atoms with Crippen molar-refractivity contribution in [1.82, 2.24) is 4.98 Å². The van der Waals surface area contributed by atoms with Crippen LogP contribution in [0.25, 0.3) is 0 Å². The maximum atomic E-state index is 10.4. The molecule has 0 saturated carbocycles. The van der Waals surface area contributed by atoms with Crippen molar-refractivity contribution >= 4 is 27.3 Å². The predicted molar refractivity (Wildman–Crippen MR) is 58.4 cm³/mol. The van der Waals surface area contributed by atoms with Crippen LogP contribution in [0.5, 0.6) is 0 Å². The van der Waals surface area contributed by atoms with Crippen LogP contribution < -0.4 is 0 Å². The first-order valence-electron chi connectivity index (χ1n) is 4.56. The van der Waals surface area contributed by atoms with Gasteiger partial charge in [0.15, 0.2) is 0 Å². The minimum Gasteiger partial charge on any atom is -0.382 e. The van der Waals surface area contributed by atoms with E-state index >= 15 is 0 Å². The van der Waals surface area contributed by atoms with Gasteiger partial charge in [-0.2, -0.15) is 0 Å². The van der Waals surface area contributed by atoms with Crippen LogP contribution in [-0.4, -0.2) is 22.8 Å². The van der Waals surface area contributed by atoms with Crippen LogP contribution in [0.1, 0.15) is 24.8 Å². The fraction of sp³-hybridized carbons (Fsp3) is 0.667. The van der Waals surface area contributed by atoms with Gasteiger partial charge in [0.1, 0.15) is 10.6 Å². The van der Waals surface area contributed by atoms with Crippen molar-refractivity contribution in [2.24, 2.45) is 0 Å². The quantitative estimate of drug-likeness (QED) is 0.857. The lowest BCUT2D eigenvalue weighted by atomic mass is 9.92. The van der Waals surface area contributed by atoms with Crippen molar-refractivity contribution in [2.45, 2.75) is 31.5 Å². The minimum absolute atomic E-state index is 0.108. The summed E-state index contributed by atoms with van der Waals surface area (Å²) < 4.78 is 6.37. The van der Waals surface area contributed by atoms with Crippen molar-refractivity contribution in [3.8, 4) is 0 Å². The zero-order valence-electron chi connectivity index (χ0n) is 7.86. The standard InChI is InChI=1S/C9H12BrNO2S/c1-6-4-9(12,2-3-13-6)8-11-5-7(10)14-8/h5-6,12H,2-4H2,1H3/t6-,9+/m0/s1. The molecule has 5 heteroatoms. The van der Waals surface area contributed by atoms with E-state index in [0.717, 1.165) is 8.79 Å². The Balaban J connectivity index is 2.22. The zero-order chi connectivity index (χ0) is 10.2. The van der Waals surface area contributed by atoms with E-state index in [4.69, 9.17) is 4.74 Å². The molecule has 1 fully saturated rings. The average molecular weight is 278 g/mol. The van der Waals surface area contributed by atoms with Gasteiger partial charge in [-0.25, -0.2) is 4.98 Å². The summed E-state index contributed by atoms with van der Waals surface area (Å²) in [6.07, 6.45) is 3.11. The Morgan fingerprint density at radius 2 is 2.57 bits per heavy atom. The van der Waals surface area contributed by atoms with Crippen LogP contribution in [0.4, 0.5) is 0 Å². The molecule has 1 aromatic heterocycles. The summed E-state index contributed by atoms with van der Waals surface area (Å²) in [5, 5.41) is 11.2. The van der Waals surface area contributed by atoms with Gasteiger partial charge < -0.3 is 9.84 Å². The normalized spacial score (nSPS) is 33.2. The Hall–Kier alpha value is 0.0300. The number of hydrogen-bond acceptors (Lipinski definition) is 4. The molecule has 2 rings (SSSR count). The Kier molecular flexibility index (Phi) is 2.93. The lowest BCUT2D eigenvalue weighted by Crippen LogP contribution is -2.37. The number of thiazole rings is 1. The average Bonchev–Trinajstić information content (AvgIpc) is 2.52. The molecule has 0 radical (unpaired) electrons. The van der Waals surface area contributed by atoms with Crippen molar-refractivity contribution in [3.05, 3.63) is 15.0 Å². The van der Waals surface area contributed by atoms with Gasteiger partial charge in [-0.15, -0.1) is 11.3 Å². The van der Waals surface area contributed by atoms with Crippen LogP contribution in [0.15, 0.2) is 9.98 Å². The highest BCUT2D eigenvalue weighted by Crippen LogP contribution is 2.37. The molecule has 0 aliphatic carbocycles. The Labute approximate surface area is 95.3 Å². The summed E-state index contributed by atoms with van der Waals surface area (Å²) in [7, 11) is 0. The van der Waals surface area contributed by atoms with E-state index in [-0.39, 0.29) is 6.10 Å². The van der Waals surface area contributed by atoms with Crippen LogP contribution in [0.3, 0.4) is 0 Å². The molecule has 1 aliphatic heterocycles. The zero-order valence-corrected chi connectivity index (χ0v) is 10.3. The molecular formula is C9H12BrNO2S. The molecule has 0 aromatic carbocycles. The van der Waals surface area contributed by atoms with E-state index in [1.165, 1.54) is 11.3 Å². The van der Waals surface area contributed by atoms with Crippen molar-refractivity contribution in [1.29, 1.82) is 0 Å². The molecule has 1 saturated heterocycles. The molecule has 0 unspecified atom stereocenters. The lowest BCUT2D eigenvalue weighted by Gasteiger charge is -2.33. The molecule has 1 aliphatic rings. The van der Waals surface area contributed by atoms with E-state index in [1.54, 1.807) is 6.20 Å². The second-order valence-corrected chi connectivity index (χ2v) is 6.05. The number of aliphatic hydroxyl groups is 1. The summed E-state index contributed by atoms with van der Waals surface area (Å²) >= 11 is 4.85. The highest BCUT2D eigenvalue weighted by atomic mass is 79.9. The number of nitrogens with zero attached hydrogens (tertiary/aromatic N) is 1. The maximum Gasteiger partial charge on any atom is 0.126 e. The first-order valence-corrected chi connectivity index (χ1v) is 6.17. The van der Waals surface area contributed by atoms with E-state index in [2.05, 4.69) is 20.9 Å². The van der Waals surface area contributed by atoms with E-state index < -0.39 is 5.60 Å². The van der Waals surface area contributed by atoms with E-state index in [0.29, 0.717) is 19.4 Å². The first kappa shape index (κ1) is 10.5. The van der Waals surface area contributed by atoms with Gasteiger partial charge in [-0.05, 0) is 22.9 Å². The van der Waals surface area contributed by atoms with Crippen LogP contribution in [0.2, 0.25) is 0 Å². The van der Waals surface area contributed by atoms with Crippen molar-refractivity contribution in [3.63, 3.8) is 0 Å². The van der Waals surface area contributed by atoms with E-state index in [9.17, 15) is 5.11 Å². The summed E-state index contributed by atoms with van der Waals surface area (Å²) in [6, 6.07) is 0. The molecule has 78 valence electrons. The SMILES string of the molecule is C[C@H]1C[C@@](O)(c2ncc(Br)s2)CCO1. The van der Waals surface area contributed by atoms with Gasteiger partial charge in [0.25, 0.3) is 0 Å². The minimum atomic E-state index is -0.783. The Morgan fingerprint density at radius 3 is 3.14 bits per heavy atom.